The van der Waals surface area contributed by atoms with Crippen LogP contribution < -0.4 is 5.32 Å². The summed E-state index contributed by atoms with van der Waals surface area (Å²) in [6, 6.07) is 3.28. The maximum Gasteiger partial charge on any atom is 0.221 e. The fraction of sp³-hybridized carbons (Fsp3) is 0.409. The first-order chi connectivity index (χ1) is 14.0. The van der Waals surface area contributed by atoms with Gasteiger partial charge < -0.3 is 5.32 Å². The van der Waals surface area contributed by atoms with Crippen molar-refractivity contribution in [2.45, 2.75) is 52.0 Å². The Morgan fingerprint density at radius 2 is 1.87 bits per heavy atom. The minimum atomic E-state index is -0.992. The molecule has 2 unspecified atom stereocenters. The number of rotatable bonds is 4. The van der Waals surface area contributed by atoms with Crippen LogP contribution in [0.5, 0.6) is 0 Å². The molecule has 0 bridgehead atoms. The van der Waals surface area contributed by atoms with E-state index in [9.17, 15) is 18.8 Å². The average molecular weight is 432 g/mol. The third-order valence-corrected chi connectivity index (χ3v) is 5.22. The molecule has 2 atom stereocenters. The van der Waals surface area contributed by atoms with Gasteiger partial charge in [-0.05, 0) is 51.0 Å². The van der Waals surface area contributed by atoms with E-state index in [-0.39, 0.29) is 41.2 Å². The van der Waals surface area contributed by atoms with Crippen LogP contribution in [0, 0.1) is 18.7 Å². The van der Waals surface area contributed by atoms with Crippen LogP contribution in [0.1, 0.15) is 50.7 Å². The van der Waals surface area contributed by atoms with E-state index in [2.05, 4.69) is 15.3 Å². The molecule has 30 heavy (non-hydrogen) atoms. The standard InChI is InChI=1S/C22H23ClFN3O3/c1-11-5-13(21-25-9-14(24)10-26-21)6-15(23)18(11)19-16(28)7-12(20(19)30)8-17(29)27-22(2,3)4/h5-6,9-10,12,19H,7-8H2,1-4H3,(H,27,29). The first-order valence-corrected chi connectivity index (χ1v) is 9.99. The Labute approximate surface area is 179 Å². The molecule has 1 aliphatic rings. The summed E-state index contributed by atoms with van der Waals surface area (Å²) in [5.74, 6) is -2.73. The fourth-order valence-corrected chi connectivity index (χ4v) is 4.11. The minimum Gasteiger partial charge on any atom is -0.351 e. The van der Waals surface area contributed by atoms with Crippen LogP contribution in [-0.4, -0.2) is 33.0 Å². The number of aromatic nitrogens is 2. The van der Waals surface area contributed by atoms with Crippen molar-refractivity contribution in [3.63, 3.8) is 0 Å². The largest absolute Gasteiger partial charge is 0.351 e. The Bertz CT molecular complexity index is 992. The molecule has 3 rings (SSSR count). The molecule has 8 heteroatoms. The van der Waals surface area contributed by atoms with Crippen molar-refractivity contribution in [1.29, 1.82) is 0 Å². The van der Waals surface area contributed by atoms with Crippen molar-refractivity contribution in [1.82, 2.24) is 15.3 Å². The normalized spacial score (nSPS) is 19.3. The molecule has 1 aromatic carbocycles. The average Bonchev–Trinajstić information content (AvgIpc) is 2.87. The van der Waals surface area contributed by atoms with Gasteiger partial charge in [-0.3, -0.25) is 14.4 Å². The molecular weight excluding hydrogens is 409 g/mol. The summed E-state index contributed by atoms with van der Waals surface area (Å²) in [5.41, 5.74) is 1.22. The lowest BCUT2D eigenvalue weighted by Gasteiger charge is -2.21. The second-order valence-corrected chi connectivity index (χ2v) is 9.03. The second-order valence-electron chi connectivity index (χ2n) is 8.62. The molecular formula is C22H23ClFN3O3. The van der Waals surface area contributed by atoms with Gasteiger partial charge in [-0.25, -0.2) is 14.4 Å². The first kappa shape index (κ1) is 22.0. The molecule has 1 amide bonds. The minimum absolute atomic E-state index is 0.0135. The van der Waals surface area contributed by atoms with Gasteiger partial charge in [0.1, 0.15) is 11.7 Å². The Balaban J connectivity index is 1.86. The van der Waals surface area contributed by atoms with Crippen molar-refractivity contribution in [3.8, 4) is 11.4 Å². The van der Waals surface area contributed by atoms with Crippen molar-refractivity contribution >= 4 is 29.1 Å². The quantitative estimate of drug-likeness (QED) is 0.744. The summed E-state index contributed by atoms with van der Waals surface area (Å²) in [7, 11) is 0. The zero-order valence-electron chi connectivity index (χ0n) is 17.3. The van der Waals surface area contributed by atoms with Crippen LogP contribution in [0.3, 0.4) is 0 Å². The molecule has 158 valence electrons. The number of benzene rings is 1. The number of halogens is 2. The molecule has 0 spiro atoms. The highest BCUT2D eigenvalue weighted by molar-refractivity contribution is 6.33. The maximum atomic E-state index is 13.1. The molecule has 1 aliphatic carbocycles. The lowest BCUT2D eigenvalue weighted by molar-refractivity contribution is -0.129. The third kappa shape index (κ3) is 4.73. The zero-order valence-corrected chi connectivity index (χ0v) is 18.0. The summed E-state index contributed by atoms with van der Waals surface area (Å²) in [6.45, 7) is 7.30. The number of ketones is 2. The van der Waals surface area contributed by atoms with E-state index in [4.69, 9.17) is 11.6 Å². The summed E-state index contributed by atoms with van der Waals surface area (Å²) in [4.78, 5) is 45.8. The monoisotopic (exact) mass is 431 g/mol. The number of hydrogen-bond donors (Lipinski definition) is 1. The maximum absolute atomic E-state index is 13.1. The number of carbonyl (C=O) groups excluding carboxylic acids is 3. The highest BCUT2D eigenvalue weighted by Crippen LogP contribution is 2.40. The van der Waals surface area contributed by atoms with Crippen molar-refractivity contribution in [3.05, 3.63) is 46.5 Å². The van der Waals surface area contributed by atoms with Crippen LogP contribution in [0.15, 0.2) is 24.5 Å². The van der Waals surface area contributed by atoms with E-state index >= 15 is 0 Å². The Morgan fingerprint density at radius 3 is 2.43 bits per heavy atom. The van der Waals surface area contributed by atoms with Gasteiger partial charge in [0.25, 0.3) is 0 Å². The Morgan fingerprint density at radius 1 is 1.23 bits per heavy atom. The fourth-order valence-electron chi connectivity index (χ4n) is 3.74. The van der Waals surface area contributed by atoms with Gasteiger partial charge in [-0.2, -0.15) is 0 Å². The third-order valence-electron chi connectivity index (χ3n) is 4.91. The zero-order chi connectivity index (χ0) is 22.2. The highest BCUT2D eigenvalue weighted by Gasteiger charge is 2.44. The predicted octanol–water partition coefficient (Wildman–Crippen LogP) is 3.79. The topological polar surface area (TPSA) is 89.0 Å². The van der Waals surface area contributed by atoms with Gasteiger partial charge in [-0.15, -0.1) is 0 Å². The number of carbonyl (C=O) groups is 3. The molecule has 1 N–H and O–H groups in total. The van der Waals surface area contributed by atoms with Gasteiger partial charge in [0.05, 0.1) is 12.4 Å². The Kier molecular flexibility index (Phi) is 6.04. The number of aryl methyl sites for hydroxylation is 1. The van der Waals surface area contributed by atoms with Crippen LogP contribution >= 0.6 is 11.6 Å². The molecule has 6 nitrogen and oxygen atoms in total. The van der Waals surface area contributed by atoms with Crippen LogP contribution in [0.2, 0.25) is 5.02 Å². The summed E-state index contributed by atoms with van der Waals surface area (Å²) in [5, 5.41) is 3.06. The van der Waals surface area contributed by atoms with Crippen LogP contribution in [-0.2, 0) is 14.4 Å². The van der Waals surface area contributed by atoms with Gasteiger partial charge in [0.2, 0.25) is 5.91 Å². The smallest absolute Gasteiger partial charge is 0.221 e. The predicted molar refractivity (Wildman–Crippen MR) is 111 cm³/mol. The molecule has 0 aliphatic heterocycles. The molecule has 1 fully saturated rings. The van der Waals surface area contributed by atoms with Crippen molar-refractivity contribution in [2.75, 3.05) is 0 Å². The number of Topliss-reactive ketones (excluding diaryl/α,β-unsaturated/α-hetero) is 2. The number of nitrogens with one attached hydrogen (secondary N) is 1. The number of nitrogens with zero attached hydrogens (tertiary/aromatic N) is 2. The lowest BCUT2D eigenvalue weighted by atomic mass is 9.89. The number of hydrogen-bond acceptors (Lipinski definition) is 5. The van der Waals surface area contributed by atoms with E-state index in [1.807, 2.05) is 20.8 Å². The first-order valence-electron chi connectivity index (χ1n) is 9.61. The lowest BCUT2D eigenvalue weighted by Crippen LogP contribution is -2.41. The number of amides is 1. The Hall–Kier alpha value is -2.67. The SMILES string of the molecule is Cc1cc(-c2ncc(F)cn2)cc(Cl)c1C1C(=O)CC(CC(=O)NC(C)(C)C)C1=O. The summed E-state index contributed by atoms with van der Waals surface area (Å²) >= 11 is 6.45. The van der Waals surface area contributed by atoms with Crippen LogP contribution in [0.25, 0.3) is 11.4 Å². The van der Waals surface area contributed by atoms with E-state index in [0.29, 0.717) is 16.7 Å². The molecule has 2 aromatic rings. The van der Waals surface area contributed by atoms with Gasteiger partial charge in [-0.1, -0.05) is 11.6 Å². The van der Waals surface area contributed by atoms with E-state index < -0.39 is 23.2 Å². The molecule has 0 radical (unpaired) electrons. The van der Waals surface area contributed by atoms with Gasteiger partial charge in [0, 0.05) is 34.9 Å². The molecule has 1 saturated carbocycles. The van der Waals surface area contributed by atoms with E-state index in [1.54, 1.807) is 19.1 Å². The summed E-state index contributed by atoms with van der Waals surface area (Å²) in [6.07, 6.45) is 2.09. The van der Waals surface area contributed by atoms with E-state index in [1.165, 1.54) is 0 Å². The molecule has 1 aromatic heterocycles. The summed E-state index contributed by atoms with van der Waals surface area (Å²) < 4.78 is 13.1. The van der Waals surface area contributed by atoms with Gasteiger partial charge in [0.15, 0.2) is 17.4 Å². The van der Waals surface area contributed by atoms with Crippen molar-refractivity contribution in [2.24, 2.45) is 5.92 Å². The van der Waals surface area contributed by atoms with Crippen LogP contribution in [0.4, 0.5) is 4.39 Å². The van der Waals surface area contributed by atoms with Crippen molar-refractivity contribution < 1.29 is 18.8 Å². The second kappa shape index (κ2) is 8.22. The molecule has 1 heterocycles. The van der Waals surface area contributed by atoms with E-state index in [0.717, 1.165) is 12.4 Å². The molecule has 0 saturated heterocycles. The van der Waals surface area contributed by atoms with Gasteiger partial charge >= 0.3 is 0 Å². The highest BCUT2D eigenvalue weighted by atomic mass is 35.5.